The molecule has 1 aromatic heterocycles. The van der Waals surface area contributed by atoms with Crippen molar-refractivity contribution in [3.05, 3.63) is 64.5 Å². The van der Waals surface area contributed by atoms with Crippen molar-refractivity contribution in [1.82, 2.24) is 25.6 Å². The third kappa shape index (κ3) is 3.98. The van der Waals surface area contributed by atoms with Crippen LogP contribution in [0.2, 0.25) is 0 Å². The zero-order chi connectivity index (χ0) is 22.1. The fourth-order valence-electron chi connectivity index (χ4n) is 3.83. The molecule has 0 radical (unpaired) electrons. The highest BCUT2D eigenvalue weighted by atomic mass is 79.9. The Morgan fingerprint density at radius 2 is 2.03 bits per heavy atom. The lowest BCUT2D eigenvalue weighted by atomic mass is 10.0. The molecule has 2 atom stereocenters. The highest BCUT2D eigenvalue weighted by Crippen LogP contribution is 2.31. The Balaban J connectivity index is 1.26. The van der Waals surface area contributed by atoms with E-state index in [4.69, 9.17) is 9.26 Å². The highest BCUT2D eigenvalue weighted by molar-refractivity contribution is 9.10. The van der Waals surface area contributed by atoms with Crippen molar-refractivity contribution in [2.75, 3.05) is 6.61 Å². The minimum absolute atomic E-state index is 0.0106. The highest BCUT2D eigenvalue weighted by Gasteiger charge is 2.41. The predicted octanol–water partition coefficient (Wildman–Crippen LogP) is 3.50. The molecule has 1 fully saturated rings. The van der Waals surface area contributed by atoms with E-state index in [1.807, 2.05) is 55.5 Å². The monoisotopic (exact) mass is 496 g/mol. The van der Waals surface area contributed by atoms with E-state index in [2.05, 4.69) is 36.6 Å². The van der Waals surface area contributed by atoms with E-state index in [1.165, 1.54) is 5.01 Å². The molecule has 0 bridgehead atoms. The van der Waals surface area contributed by atoms with Gasteiger partial charge in [0.15, 0.2) is 0 Å². The number of benzene rings is 2. The van der Waals surface area contributed by atoms with Gasteiger partial charge in [0.05, 0.1) is 12.6 Å². The molecule has 3 aromatic rings. The van der Waals surface area contributed by atoms with E-state index in [9.17, 15) is 4.79 Å². The summed E-state index contributed by atoms with van der Waals surface area (Å²) in [7, 11) is 0. The second kappa shape index (κ2) is 8.71. The largest absolute Gasteiger partial charge is 0.494 e. The average Bonchev–Trinajstić information content (AvgIpc) is 3.45. The summed E-state index contributed by atoms with van der Waals surface area (Å²) in [6.45, 7) is 2.70. The molecule has 3 heterocycles. The van der Waals surface area contributed by atoms with Crippen LogP contribution in [0.3, 0.4) is 0 Å². The summed E-state index contributed by atoms with van der Waals surface area (Å²) in [5.74, 6) is 1.50. The van der Waals surface area contributed by atoms with E-state index in [1.54, 1.807) is 11.3 Å². The number of halogens is 1. The summed E-state index contributed by atoms with van der Waals surface area (Å²) < 4.78 is 11.7. The molecule has 0 aliphatic carbocycles. The van der Waals surface area contributed by atoms with Crippen LogP contribution in [0.5, 0.6) is 5.75 Å². The fraction of sp³-hybridized carbons (Fsp3) is 0.273. The van der Waals surface area contributed by atoms with Gasteiger partial charge in [0.25, 0.3) is 5.91 Å². The van der Waals surface area contributed by atoms with Crippen LogP contribution in [-0.2, 0) is 11.3 Å². The van der Waals surface area contributed by atoms with Gasteiger partial charge in [-0.15, -0.1) is 0 Å². The summed E-state index contributed by atoms with van der Waals surface area (Å²) in [4.78, 5) is 17.5. The number of nitrogens with zero attached hydrogens (tertiary/aromatic N) is 5. The van der Waals surface area contributed by atoms with Crippen molar-refractivity contribution in [3.63, 3.8) is 0 Å². The molecule has 1 amide bonds. The molecular formula is C22H21BrN6O3. The summed E-state index contributed by atoms with van der Waals surface area (Å²) in [5.41, 5.74) is 5.25. The van der Waals surface area contributed by atoms with Crippen LogP contribution in [0, 0.1) is 0 Å². The van der Waals surface area contributed by atoms with Crippen molar-refractivity contribution in [3.8, 4) is 17.1 Å². The molecule has 0 saturated carbocycles. The number of rotatable bonds is 6. The topological polar surface area (TPSA) is 96.1 Å². The third-order valence-corrected chi connectivity index (χ3v) is 6.11. The van der Waals surface area contributed by atoms with Gasteiger partial charge in [0.1, 0.15) is 24.7 Å². The van der Waals surface area contributed by atoms with Gasteiger partial charge in [0, 0.05) is 10.0 Å². The zero-order valence-corrected chi connectivity index (χ0v) is 18.9. The lowest BCUT2D eigenvalue weighted by Crippen LogP contribution is -2.50. The maximum absolute atomic E-state index is 13.1. The summed E-state index contributed by atoms with van der Waals surface area (Å²) in [6, 6.07) is 15.2. The number of carbonyl (C=O) groups is 1. The second-order valence-electron chi connectivity index (χ2n) is 7.46. The van der Waals surface area contributed by atoms with E-state index in [0.717, 1.165) is 21.3 Å². The first-order valence-corrected chi connectivity index (χ1v) is 11.1. The van der Waals surface area contributed by atoms with Crippen LogP contribution in [0.1, 0.15) is 30.8 Å². The zero-order valence-electron chi connectivity index (χ0n) is 17.3. The predicted molar refractivity (Wildman–Crippen MR) is 120 cm³/mol. The van der Waals surface area contributed by atoms with Gasteiger partial charge in [-0.25, -0.2) is 10.4 Å². The number of carbonyl (C=O) groups excluding carboxylic acids is 1. The number of hydrogen-bond donors (Lipinski definition) is 1. The van der Waals surface area contributed by atoms with E-state index >= 15 is 0 Å². The number of fused-ring (bicyclic) bond motifs is 1. The van der Waals surface area contributed by atoms with Gasteiger partial charge in [0.2, 0.25) is 11.7 Å². The number of hydrogen-bond acceptors (Lipinski definition) is 8. The van der Waals surface area contributed by atoms with Crippen molar-refractivity contribution in [2.45, 2.75) is 32.0 Å². The summed E-state index contributed by atoms with van der Waals surface area (Å²) in [5, 5.41) is 11.5. The molecule has 2 aliphatic heterocycles. The minimum atomic E-state index is -0.352. The minimum Gasteiger partial charge on any atom is -0.494 e. The first-order valence-electron chi connectivity index (χ1n) is 10.3. The first-order chi connectivity index (χ1) is 15.6. The number of hydrazone groups is 1. The van der Waals surface area contributed by atoms with Crippen molar-refractivity contribution in [2.24, 2.45) is 5.10 Å². The molecule has 2 aliphatic rings. The Morgan fingerprint density at radius 1 is 1.22 bits per heavy atom. The number of hydrazine groups is 1. The maximum Gasteiger partial charge on any atom is 0.267 e. The Bertz CT molecular complexity index is 1150. The molecule has 1 N–H and O–H groups in total. The third-order valence-electron chi connectivity index (χ3n) is 5.42. The molecule has 32 heavy (non-hydrogen) atoms. The Morgan fingerprint density at radius 3 is 2.81 bits per heavy atom. The van der Waals surface area contributed by atoms with Gasteiger partial charge < -0.3 is 9.26 Å². The van der Waals surface area contributed by atoms with Crippen LogP contribution in [0.15, 0.2) is 62.6 Å². The molecule has 10 heteroatoms. The van der Waals surface area contributed by atoms with Crippen molar-refractivity contribution < 1.29 is 14.1 Å². The number of aromatic nitrogens is 2. The molecule has 164 valence electrons. The number of nitrogens with one attached hydrogen (secondary N) is 1. The quantitative estimate of drug-likeness (QED) is 0.557. The standard InChI is InChI=1S/C22H21BrN6O3/c1-2-31-15-9-7-14(8-10-15)18-11-19-22(30)28(24-13-29(19)26-18)12-20-25-21(27-32-20)16-5-3-4-6-17(16)23/h3-10,13,18-19,26H,2,11-12H2,1H3. The molecule has 9 nitrogen and oxygen atoms in total. The first kappa shape index (κ1) is 20.7. The average molecular weight is 497 g/mol. The molecule has 2 aromatic carbocycles. The number of ether oxygens (including phenoxy) is 1. The summed E-state index contributed by atoms with van der Waals surface area (Å²) >= 11 is 3.49. The smallest absolute Gasteiger partial charge is 0.267 e. The van der Waals surface area contributed by atoms with Crippen molar-refractivity contribution >= 4 is 28.2 Å². The lowest BCUT2D eigenvalue weighted by molar-refractivity contribution is -0.137. The number of amides is 1. The second-order valence-corrected chi connectivity index (χ2v) is 8.32. The molecule has 1 saturated heterocycles. The van der Waals surface area contributed by atoms with Gasteiger partial charge in [-0.3, -0.25) is 9.80 Å². The van der Waals surface area contributed by atoms with Crippen LogP contribution in [0.4, 0.5) is 0 Å². The van der Waals surface area contributed by atoms with Crippen LogP contribution < -0.4 is 10.2 Å². The SMILES string of the molecule is CCOc1ccc(C2CC3C(=O)N(Cc4nc(-c5ccccc5Br)no4)N=CN3N2)cc1. The van der Waals surface area contributed by atoms with Crippen LogP contribution >= 0.6 is 15.9 Å². The normalized spacial score (nSPS) is 20.0. The van der Waals surface area contributed by atoms with Gasteiger partial charge >= 0.3 is 0 Å². The maximum atomic E-state index is 13.1. The van der Waals surface area contributed by atoms with E-state index < -0.39 is 0 Å². The van der Waals surface area contributed by atoms with Crippen molar-refractivity contribution in [1.29, 1.82) is 0 Å². The van der Waals surface area contributed by atoms with Gasteiger partial charge in [-0.05, 0) is 43.2 Å². The molecule has 0 spiro atoms. The molecule has 2 unspecified atom stereocenters. The summed E-state index contributed by atoms with van der Waals surface area (Å²) in [6.07, 6.45) is 2.26. The van der Waals surface area contributed by atoms with Gasteiger partial charge in [-0.2, -0.15) is 10.1 Å². The fourth-order valence-corrected chi connectivity index (χ4v) is 4.29. The van der Waals surface area contributed by atoms with Gasteiger partial charge in [-0.1, -0.05) is 45.4 Å². The lowest BCUT2D eigenvalue weighted by Gasteiger charge is -2.29. The van der Waals surface area contributed by atoms with Crippen LogP contribution in [-0.4, -0.2) is 45.1 Å². The Kier molecular flexibility index (Phi) is 5.62. The molecule has 5 rings (SSSR count). The Labute approximate surface area is 193 Å². The van der Waals surface area contributed by atoms with Crippen LogP contribution in [0.25, 0.3) is 11.4 Å². The molecular weight excluding hydrogens is 476 g/mol. The Hall–Kier alpha value is -3.24. The van der Waals surface area contributed by atoms with E-state index in [0.29, 0.717) is 24.7 Å². The van der Waals surface area contributed by atoms with E-state index in [-0.39, 0.29) is 24.5 Å².